The maximum atomic E-state index is 12.2. The van der Waals surface area contributed by atoms with Crippen LogP contribution in [0.4, 0.5) is 0 Å². The number of aromatic nitrogens is 2. The molecule has 9 heteroatoms. The molecule has 0 spiro atoms. The van der Waals surface area contributed by atoms with Crippen molar-refractivity contribution < 1.29 is 14.3 Å². The van der Waals surface area contributed by atoms with Crippen LogP contribution in [0.1, 0.15) is 15.4 Å². The second kappa shape index (κ2) is 7.19. The van der Waals surface area contributed by atoms with Gasteiger partial charge in [0, 0.05) is 22.8 Å². The molecule has 2 aromatic rings. The number of H-pyrrole nitrogens is 1. The summed E-state index contributed by atoms with van der Waals surface area (Å²) in [4.78, 5) is 31.2. The number of aromatic amines is 1. The fourth-order valence-electron chi connectivity index (χ4n) is 1.64. The van der Waals surface area contributed by atoms with Gasteiger partial charge in [0.2, 0.25) is 0 Å². The van der Waals surface area contributed by atoms with Gasteiger partial charge in [0.25, 0.3) is 5.91 Å². The number of nitrogens with zero attached hydrogens (tertiary/aromatic N) is 1. The molecule has 0 radical (unpaired) electrons. The Morgan fingerprint density at radius 2 is 2.29 bits per heavy atom. The van der Waals surface area contributed by atoms with E-state index in [2.05, 4.69) is 47.1 Å². The van der Waals surface area contributed by atoms with E-state index >= 15 is 0 Å². The minimum atomic E-state index is -0.775. The maximum Gasteiger partial charge on any atom is 0.328 e. The second-order valence-electron chi connectivity index (χ2n) is 4.06. The number of imidazole rings is 1. The zero-order valence-electron chi connectivity index (χ0n) is 10.9. The van der Waals surface area contributed by atoms with Crippen molar-refractivity contribution in [3.63, 3.8) is 0 Å². The van der Waals surface area contributed by atoms with Gasteiger partial charge in [0.15, 0.2) is 0 Å². The fourth-order valence-corrected chi connectivity index (χ4v) is 3.58. The van der Waals surface area contributed by atoms with Crippen molar-refractivity contribution in [1.82, 2.24) is 15.3 Å². The predicted molar refractivity (Wildman–Crippen MR) is 85.3 cm³/mol. The molecule has 1 amide bonds. The standard InChI is InChI=1S/C12H11Br2N3O3S/c1-20-12(19)8(2-6-4-15-5-16-6)17-11(18)9-3-7(13)10(14)21-9/h3-5,8H,2H2,1H3,(H,15,16)(H,17,18)/t8-/m0/s1. The molecule has 112 valence electrons. The number of methoxy groups -OCH3 is 1. The van der Waals surface area contributed by atoms with Crippen LogP contribution in [0.3, 0.4) is 0 Å². The monoisotopic (exact) mass is 435 g/mol. The minimum Gasteiger partial charge on any atom is -0.467 e. The van der Waals surface area contributed by atoms with Crippen LogP contribution in [0.5, 0.6) is 0 Å². The highest BCUT2D eigenvalue weighted by Gasteiger charge is 2.24. The molecule has 2 aromatic heterocycles. The molecule has 2 N–H and O–H groups in total. The van der Waals surface area contributed by atoms with Crippen LogP contribution < -0.4 is 5.32 Å². The number of carbonyl (C=O) groups is 2. The number of amides is 1. The van der Waals surface area contributed by atoms with Crippen molar-refractivity contribution in [3.05, 3.63) is 37.4 Å². The van der Waals surface area contributed by atoms with E-state index in [0.717, 1.165) is 14.0 Å². The zero-order valence-corrected chi connectivity index (χ0v) is 14.8. The van der Waals surface area contributed by atoms with Crippen LogP contribution in [0, 0.1) is 0 Å². The van der Waals surface area contributed by atoms with Crippen LogP contribution >= 0.6 is 43.2 Å². The van der Waals surface area contributed by atoms with E-state index in [1.54, 1.807) is 12.3 Å². The molecule has 0 aromatic carbocycles. The van der Waals surface area contributed by atoms with E-state index in [9.17, 15) is 9.59 Å². The molecule has 0 aliphatic rings. The normalized spacial score (nSPS) is 12.0. The smallest absolute Gasteiger partial charge is 0.328 e. The maximum absolute atomic E-state index is 12.2. The zero-order chi connectivity index (χ0) is 15.4. The van der Waals surface area contributed by atoms with Gasteiger partial charge >= 0.3 is 5.97 Å². The molecule has 0 unspecified atom stereocenters. The first-order valence-electron chi connectivity index (χ1n) is 5.82. The third kappa shape index (κ3) is 4.14. The average molecular weight is 437 g/mol. The number of hydrogen-bond acceptors (Lipinski definition) is 5. The fraction of sp³-hybridized carbons (Fsp3) is 0.250. The Bertz CT molecular complexity index is 623. The molecule has 21 heavy (non-hydrogen) atoms. The lowest BCUT2D eigenvalue weighted by atomic mass is 10.1. The molecule has 0 fully saturated rings. The lowest BCUT2D eigenvalue weighted by Crippen LogP contribution is -2.42. The van der Waals surface area contributed by atoms with Gasteiger partial charge in [-0.1, -0.05) is 0 Å². The van der Waals surface area contributed by atoms with Crippen molar-refractivity contribution in [2.45, 2.75) is 12.5 Å². The second-order valence-corrected chi connectivity index (χ2v) is 7.29. The Hall–Kier alpha value is -1.19. The lowest BCUT2D eigenvalue weighted by molar-refractivity contribution is -0.142. The van der Waals surface area contributed by atoms with Gasteiger partial charge in [-0.3, -0.25) is 4.79 Å². The molecule has 0 saturated carbocycles. The lowest BCUT2D eigenvalue weighted by Gasteiger charge is -2.15. The van der Waals surface area contributed by atoms with Crippen LogP contribution in [-0.2, 0) is 16.0 Å². The Morgan fingerprint density at radius 3 is 2.81 bits per heavy atom. The molecule has 2 heterocycles. The van der Waals surface area contributed by atoms with E-state index in [-0.39, 0.29) is 12.3 Å². The molecule has 0 aliphatic heterocycles. The summed E-state index contributed by atoms with van der Waals surface area (Å²) in [5.41, 5.74) is 0.735. The van der Waals surface area contributed by atoms with E-state index in [1.807, 2.05) is 0 Å². The van der Waals surface area contributed by atoms with Gasteiger partial charge in [-0.25, -0.2) is 9.78 Å². The SMILES string of the molecule is COC(=O)[C@H](Cc1cnc[nH]1)NC(=O)c1cc(Br)c(Br)s1. The predicted octanol–water partition coefficient (Wildman–Crippen LogP) is 2.51. The molecule has 0 saturated heterocycles. The largest absolute Gasteiger partial charge is 0.467 e. The van der Waals surface area contributed by atoms with Crippen LogP contribution in [0.15, 0.2) is 26.8 Å². The van der Waals surface area contributed by atoms with Gasteiger partial charge in [-0.2, -0.15) is 0 Å². The molecule has 2 rings (SSSR count). The molecule has 0 aliphatic carbocycles. The summed E-state index contributed by atoms with van der Waals surface area (Å²) in [7, 11) is 1.28. The molecular weight excluding hydrogens is 426 g/mol. The Labute approximate surface area is 141 Å². The van der Waals surface area contributed by atoms with Gasteiger partial charge in [-0.05, 0) is 37.9 Å². The van der Waals surface area contributed by atoms with E-state index in [1.165, 1.54) is 24.8 Å². The van der Waals surface area contributed by atoms with Gasteiger partial charge in [-0.15, -0.1) is 11.3 Å². The summed E-state index contributed by atoms with van der Waals surface area (Å²) < 4.78 is 6.33. The third-order valence-electron chi connectivity index (χ3n) is 2.64. The number of carbonyl (C=O) groups excluding carboxylic acids is 2. The van der Waals surface area contributed by atoms with Crippen molar-refractivity contribution in [1.29, 1.82) is 0 Å². The number of rotatable bonds is 5. The Morgan fingerprint density at radius 1 is 1.52 bits per heavy atom. The van der Waals surface area contributed by atoms with Crippen molar-refractivity contribution in [3.8, 4) is 0 Å². The number of ether oxygens (including phenoxy) is 1. The first-order chi connectivity index (χ1) is 10.0. The number of halogens is 2. The van der Waals surface area contributed by atoms with E-state index < -0.39 is 12.0 Å². The van der Waals surface area contributed by atoms with Crippen molar-refractivity contribution in [2.24, 2.45) is 0 Å². The quantitative estimate of drug-likeness (QED) is 0.705. The number of hydrogen-bond donors (Lipinski definition) is 2. The molecule has 1 atom stereocenters. The summed E-state index contributed by atoms with van der Waals surface area (Å²) in [6.45, 7) is 0. The summed E-state index contributed by atoms with van der Waals surface area (Å²) in [6, 6.07) is 0.914. The third-order valence-corrected chi connectivity index (χ3v) is 5.89. The molecule has 0 bridgehead atoms. The summed E-state index contributed by atoms with van der Waals surface area (Å²) in [5, 5.41) is 2.67. The highest BCUT2D eigenvalue weighted by atomic mass is 79.9. The highest BCUT2D eigenvalue weighted by Crippen LogP contribution is 2.32. The number of nitrogens with one attached hydrogen (secondary N) is 2. The Balaban J connectivity index is 2.10. The average Bonchev–Trinajstić information content (AvgIpc) is 3.08. The van der Waals surface area contributed by atoms with Crippen LogP contribution in [0.2, 0.25) is 0 Å². The minimum absolute atomic E-state index is 0.284. The van der Waals surface area contributed by atoms with Crippen molar-refractivity contribution >= 4 is 55.1 Å². The summed E-state index contributed by atoms with van der Waals surface area (Å²) in [5.74, 6) is -0.839. The first kappa shape index (κ1) is 16.2. The topological polar surface area (TPSA) is 84.1 Å². The van der Waals surface area contributed by atoms with E-state index in [0.29, 0.717) is 4.88 Å². The van der Waals surface area contributed by atoms with Crippen molar-refractivity contribution in [2.75, 3.05) is 7.11 Å². The van der Waals surface area contributed by atoms with Gasteiger partial charge < -0.3 is 15.0 Å². The highest BCUT2D eigenvalue weighted by molar-refractivity contribution is 9.13. The number of thiophene rings is 1. The van der Waals surface area contributed by atoms with Gasteiger partial charge in [0.1, 0.15) is 6.04 Å². The Kier molecular flexibility index (Phi) is 5.54. The summed E-state index contributed by atoms with van der Waals surface area (Å²) >= 11 is 7.93. The van der Waals surface area contributed by atoms with Crippen LogP contribution in [-0.4, -0.2) is 35.0 Å². The number of esters is 1. The molecular formula is C12H11Br2N3O3S. The van der Waals surface area contributed by atoms with Crippen LogP contribution in [0.25, 0.3) is 0 Å². The van der Waals surface area contributed by atoms with E-state index in [4.69, 9.17) is 4.74 Å². The van der Waals surface area contributed by atoms with Gasteiger partial charge in [0.05, 0.1) is 22.1 Å². The first-order valence-corrected chi connectivity index (χ1v) is 8.22. The summed E-state index contributed by atoms with van der Waals surface area (Å²) in [6.07, 6.45) is 3.39. The molecule has 6 nitrogen and oxygen atoms in total.